The summed E-state index contributed by atoms with van der Waals surface area (Å²) >= 11 is 0. The van der Waals surface area contributed by atoms with Crippen molar-refractivity contribution in [2.24, 2.45) is 0 Å². The second kappa shape index (κ2) is 10.3. The van der Waals surface area contributed by atoms with Crippen molar-refractivity contribution in [1.82, 2.24) is 10.3 Å². The zero-order chi connectivity index (χ0) is 25.9. The molecular formula is C26H23F3N2O5. The lowest BCUT2D eigenvalue weighted by Crippen LogP contribution is -2.24. The van der Waals surface area contributed by atoms with E-state index in [1.807, 2.05) is 31.2 Å². The van der Waals surface area contributed by atoms with Gasteiger partial charge in [0.05, 0.1) is 12.7 Å². The molecule has 0 saturated heterocycles. The minimum absolute atomic E-state index is 0.0225. The Kier molecular flexibility index (Phi) is 7.16. The Labute approximate surface area is 204 Å². The number of carboxylic acids is 1. The van der Waals surface area contributed by atoms with Crippen LogP contribution in [0.25, 0.3) is 22.2 Å². The van der Waals surface area contributed by atoms with E-state index < -0.39 is 23.6 Å². The first-order valence-corrected chi connectivity index (χ1v) is 11.0. The first-order valence-electron chi connectivity index (χ1n) is 11.0. The van der Waals surface area contributed by atoms with Gasteiger partial charge in [0, 0.05) is 12.6 Å². The summed E-state index contributed by atoms with van der Waals surface area (Å²) in [6.45, 7) is 2.50. The number of ether oxygens (including phenoxy) is 2. The first-order chi connectivity index (χ1) is 17.1. The Morgan fingerprint density at radius 2 is 1.89 bits per heavy atom. The number of alkyl halides is 3. The number of hydrogen-bond acceptors (Lipinski definition) is 6. The Bertz CT molecular complexity index is 1380. The topological polar surface area (TPSA) is 93.8 Å². The summed E-state index contributed by atoms with van der Waals surface area (Å²) in [6.07, 6.45) is -4.58. The van der Waals surface area contributed by atoms with E-state index in [9.17, 15) is 18.0 Å². The monoisotopic (exact) mass is 500 g/mol. The third-order valence-electron chi connectivity index (χ3n) is 5.55. The number of hydrogen-bond donors (Lipinski definition) is 2. The SMILES string of the molecule is COc1cccc([C@@H](C)NCCOc2cc(-c3ccc4oc(C(=O)O)nc4c3)cc(C(F)(F)F)c2)c1. The van der Waals surface area contributed by atoms with E-state index in [-0.39, 0.29) is 35.1 Å². The van der Waals surface area contributed by atoms with Crippen LogP contribution >= 0.6 is 0 Å². The van der Waals surface area contributed by atoms with Crippen molar-refractivity contribution in [2.75, 3.05) is 20.3 Å². The number of nitrogens with zero attached hydrogens (tertiary/aromatic N) is 1. The zero-order valence-electron chi connectivity index (χ0n) is 19.4. The molecule has 0 fully saturated rings. The van der Waals surface area contributed by atoms with Gasteiger partial charge in [-0.25, -0.2) is 9.78 Å². The quantitative estimate of drug-likeness (QED) is 0.274. The second-order valence-corrected chi connectivity index (χ2v) is 8.05. The fourth-order valence-electron chi connectivity index (χ4n) is 3.68. The Hall–Kier alpha value is -4.05. The summed E-state index contributed by atoms with van der Waals surface area (Å²) in [5.41, 5.74) is 1.24. The molecule has 0 aliphatic carbocycles. The van der Waals surface area contributed by atoms with Crippen LogP contribution in [0.1, 0.15) is 34.8 Å². The van der Waals surface area contributed by atoms with Crippen LogP contribution in [0.5, 0.6) is 11.5 Å². The van der Waals surface area contributed by atoms with Gasteiger partial charge in [0.25, 0.3) is 0 Å². The maximum Gasteiger partial charge on any atom is 0.416 e. The predicted molar refractivity (Wildman–Crippen MR) is 126 cm³/mol. The molecule has 0 amide bonds. The molecule has 0 bridgehead atoms. The maximum atomic E-state index is 13.6. The van der Waals surface area contributed by atoms with E-state index in [4.69, 9.17) is 19.0 Å². The largest absolute Gasteiger partial charge is 0.497 e. The van der Waals surface area contributed by atoms with Crippen LogP contribution in [0.15, 0.2) is 65.1 Å². The molecule has 0 aliphatic heterocycles. The summed E-state index contributed by atoms with van der Waals surface area (Å²) in [5.74, 6) is -1.04. The predicted octanol–water partition coefficient (Wildman–Crippen LogP) is 5.95. The lowest BCUT2D eigenvalue weighted by Gasteiger charge is -2.16. The molecule has 1 aromatic heterocycles. The normalized spacial score (nSPS) is 12.5. The van der Waals surface area contributed by atoms with Crippen molar-refractivity contribution >= 4 is 17.1 Å². The van der Waals surface area contributed by atoms with Gasteiger partial charge in [-0.05, 0) is 66.1 Å². The Balaban J connectivity index is 1.50. The van der Waals surface area contributed by atoms with Crippen molar-refractivity contribution in [3.8, 4) is 22.6 Å². The smallest absolute Gasteiger partial charge is 0.416 e. The van der Waals surface area contributed by atoms with Gasteiger partial charge in [-0.2, -0.15) is 13.2 Å². The second-order valence-electron chi connectivity index (χ2n) is 8.05. The molecule has 1 atom stereocenters. The van der Waals surface area contributed by atoms with Gasteiger partial charge >= 0.3 is 18.0 Å². The third-order valence-corrected chi connectivity index (χ3v) is 5.55. The number of fused-ring (bicyclic) bond motifs is 1. The van der Waals surface area contributed by atoms with Crippen molar-refractivity contribution in [3.05, 3.63) is 77.7 Å². The average molecular weight is 500 g/mol. The van der Waals surface area contributed by atoms with E-state index in [1.165, 1.54) is 24.3 Å². The van der Waals surface area contributed by atoms with Gasteiger partial charge in [0.1, 0.15) is 23.6 Å². The number of carbonyl (C=O) groups is 1. The number of methoxy groups -OCH3 is 1. The number of rotatable bonds is 9. The fraction of sp³-hybridized carbons (Fsp3) is 0.231. The van der Waals surface area contributed by atoms with Gasteiger partial charge in [0.2, 0.25) is 0 Å². The van der Waals surface area contributed by atoms with Crippen molar-refractivity contribution < 1.29 is 37.0 Å². The van der Waals surface area contributed by atoms with Crippen molar-refractivity contribution in [2.45, 2.75) is 19.1 Å². The molecule has 0 radical (unpaired) electrons. The standard InChI is InChI=1S/C26H23F3N2O5/c1-15(16-4-3-5-20(11-16)34-2)30-8-9-35-21-12-18(10-19(14-21)26(27,28)29)17-6-7-23-22(13-17)31-24(36-23)25(32)33/h3-7,10-15,30H,8-9H2,1-2H3,(H,32,33)/t15-/m1/s1. The number of aromatic nitrogens is 1. The van der Waals surface area contributed by atoms with Gasteiger partial charge < -0.3 is 24.3 Å². The van der Waals surface area contributed by atoms with Crippen LogP contribution in [0, 0.1) is 0 Å². The van der Waals surface area contributed by atoms with E-state index in [0.717, 1.165) is 23.4 Å². The molecule has 36 heavy (non-hydrogen) atoms. The number of benzene rings is 3. The van der Waals surface area contributed by atoms with E-state index in [0.29, 0.717) is 12.1 Å². The molecule has 1 heterocycles. The summed E-state index contributed by atoms with van der Waals surface area (Å²) in [4.78, 5) is 15.0. The molecular weight excluding hydrogens is 477 g/mol. The van der Waals surface area contributed by atoms with Gasteiger partial charge in [-0.3, -0.25) is 0 Å². The molecule has 7 nitrogen and oxygen atoms in total. The maximum absolute atomic E-state index is 13.6. The van der Waals surface area contributed by atoms with Crippen LogP contribution in [-0.2, 0) is 6.18 Å². The van der Waals surface area contributed by atoms with E-state index in [1.54, 1.807) is 7.11 Å². The number of aromatic carboxylic acids is 1. The lowest BCUT2D eigenvalue weighted by atomic mass is 10.0. The van der Waals surface area contributed by atoms with Gasteiger partial charge in [-0.1, -0.05) is 18.2 Å². The van der Waals surface area contributed by atoms with Crippen LogP contribution in [0.4, 0.5) is 13.2 Å². The fourth-order valence-corrected chi connectivity index (χ4v) is 3.68. The lowest BCUT2D eigenvalue weighted by molar-refractivity contribution is -0.137. The molecule has 0 saturated carbocycles. The molecule has 4 rings (SSSR count). The van der Waals surface area contributed by atoms with E-state index in [2.05, 4.69) is 10.3 Å². The average Bonchev–Trinajstić information content (AvgIpc) is 3.30. The summed E-state index contributed by atoms with van der Waals surface area (Å²) in [5, 5.41) is 12.3. The highest BCUT2D eigenvalue weighted by molar-refractivity contribution is 5.88. The zero-order valence-corrected chi connectivity index (χ0v) is 19.4. The molecule has 0 spiro atoms. The third kappa shape index (κ3) is 5.77. The minimum Gasteiger partial charge on any atom is -0.497 e. The molecule has 0 unspecified atom stereocenters. The first kappa shape index (κ1) is 25.1. The summed E-state index contributed by atoms with van der Waals surface area (Å²) in [7, 11) is 1.59. The number of carboxylic acid groups (broad SMARTS) is 1. The number of oxazole rings is 1. The highest BCUT2D eigenvalue weighted by Crippen LogP contribution is 2.36. The molecule has 4 aromatic rings. The van der Waals surface area contributed by atoms with Crippen LogP contribution in [0.2, 0.25) is 0 Å². The van der Waals surface area contributed by atoms with Crippen LogP contribution < -0.4 is 14.8 Å². The molecule has 3 aromatic carbocycles. The molecule has 0 aliphatic rings. The molecule has 188 valence electrons. The Morgan fingerprint density at radius 3 is 2.61 bits per heavy atom. The summed E-state index contributed by atoms with van der Waals surface area (Å²) in [6, 6.07) is 15.5. The van der Waals surface area contributed by atoms with Crippen LogP contribution in [0.3, 0.4) is 0 Å². The van der Waals surface area contributed by atoms with Crippen LogP contribution in [-0.4, -0.2) is 36.3 Å². The minimum atomic E-state index is -4.58. The highest BCUT2D eigenvalue weighted by Gasteiger charge is 2.31. The highest BCUT2D eigenvalue weighted by atomic mass is 19.4. The molecule has 10 heteroatoms. The number of nitrogens with one attached hydrogen (secondary N) is 1. The van der Waals surface area contributed by atoms with Gasteiger partial charge in [0.15, 0.2) is 5.58 Å². The van der Waals surface area contributed by atoms with E-state index >= 15 is 0 Å². The summed E-state index contributed by atoms with van der Waals surface area (Å²) < 4.78 is 56.8. The number of halogens is 3. The van der Waals surface area contributed by atoms with Gasteiger partial charge in [-0.15, -0.1) is 0 Å². The van der Waals surface area contributed by atoms with Crippen molar-refractivity contribution in [3.63, 3.8) is 0 Å². The van der Waals surface area contributed by atoms with Crippen molar-refractivity contribution in [1.29, 1.82) is 0 Å². The molecule has 2 N–H and O–H groups in total. The Morgan fingerprint density at radius 1 is 1.08 bits per heavy atom.